The van der Waals surface area contributed by atoms with Crippen LogP contribution in [0.25, 0.3) is 5.76 Å². The van der Waals surface area contributed by atoms with E-state index in [-0.39, 0.29) is 11.3 Å². The minimum atomic E-state index is -0.778. The molecule has 36 heavy (non-hydrogen) atoms. The molecule has 1 amide bonds. The number of aliphatic hydroxyl groups is 1. The Balaban J connectivity index is 2.11. The van der Waals surface area contributed by atoms with Crippen molar-refractivity contribution < 1.29 is 28.9 Å². The highest BCUT2D eigenvalue weighted by Crippen LogP contribution is 2.42. The number of nitrogens with zero attached hydrogens (tertiary/aromatic N) is 2. The van der Waals surface area contributed by atoms with Crippen molar-refractivity contribution in [2.24, 2.45) is 0 Å². The summed E-state index contributed by atoms with van der Waals surface area (Å²) in [5.41, 5.74) is 1.09. The molecule has 194 valence electrons. The Hall–Kier alpha value is -3.52. The van der Waals surface area contributed by atoms with Gasteiger partial charge in [-0.3, -0.25) is 9.59 Å². The number of ketones is 1. The number of Topliss-reactive ketones (excluding diaryl/α,β-unsaturated/α-hetero) is 1. The quantitative estimate of drug-likeness (QED) is 0.203. The number of hydrogen-bond acceptors (Lipinski definition) is 7. The number of methoxy groups -OCH3 is 1. The van der Waals surface area contributed by atoms with Crippen LogP contribution in [0, 0.1) is 0 Å². The lowest BCUT2D eigenvalue weighted by molar-refractivity contribution is -0.140. The highest BCUT2D eigenvalue weighted by molar-refractivity contribution is 6.46. The molecular weight excluding hydrogens is 460 g/mol. The van der Waals surface area contributed by atoms with Crippen LogP contribution in [0.2, 0.25) is 0 Å². The second-order valence-corrected chi connectivity index (χ2v) is 8.87. The van der Waals surface area contributed by atoms with Gasteiger partial charge in [0.2, 0.25) is 0 Å². The SMILES string of the molecule is CCCCOc1ccc(C2C(=C(O)c3cccc(OCC)c3)C(=O)C(=O)N2CCN(C)C)cc1OC. The third kappa shape index (κ3) is 5.99. The first kappa shape index (κ1) is 27.1. The second kappa shape index (κ2) is 12.4. The number of amides is 1. The Labute approximate surface area is 213 Å². The molecule has 1 heterocycles. The van der Waals surface area contributed by atoms with Gasteiger partial charge in [0.15, 0.2) is 11.5 Å². The van der Waals surface area contributed by atoms with Gasteiger partial charge in [0.25, 0.3) is 11.7 Å². The van der Waals surface area contributed by atoms with E-state index < -0.39 is 17.7 Å². The van der Waals surface area contributed by atoms with Gasteiger partial charge in [0, 0.05) is 18.7 Å². The van der Waals surface area contributed by atoms with Crippen LogP contribution in [-0.2, 0) is 9.59 Å². The molecule has 0 bridgehead atoms. The Morgan fingerprint density at radius 3 is 2.50 bits per heavy atom. The van der Waals surface area contributed by atoms with Crippen molar-refractivity contribution in [3.05, 3.63) is 59.2 Å². The highest BCUT2D eigenvalue weighted by atomic mass is 16.5. The number of benzene rings is 2. The Morgan fingerprint density at radius 1 is 1.06 bits per heavy atom. The van der Waals surface area contributed by atoms with E-state index in [1.165, 1.54) is 4.90 Å². The number of rotatable bonds is 12. The molecule has 3 rings (SSSR count). The third-order valence-electron chi connectivity index (χ3n) is 6.01. The molecule has 8 heteroatoms. The fourth-order valence-electron chi connectivity index (χ4n) is 4.12. The van der Waals surface area contributed by atoms with Crippen LogP contribution in [0.3, 0.4) is 0 Å². The fourth-order valence-corrected chi connectivity index (χ4v) is 4.12. The summed E-state index contributed by atoms with van der Waals surface area (Å²) in [6, 6.07) is 11.4. The molecule has 1 atom stereocenters. The smallest absolute Gasteiger partial charge is 0.295 e. The van der Waals surface area contributed by atoms with Crippen LogP contribution in [0.15, 0.2) is 48.0 Å². The topological polar surface area (TPSA) is 88.5 Å². The maximum Gasteiger partial charge on any atom is 0.295 e. The van der Waals surface area contributed by atoms with Gasteiger partial charge in [-0.25, -0.2) is 0 Å². The van der Waals surface area contributed by atoms with E-state index in [0.29, 0.717) is 54.7 Å². The molecule has 1 aliphatic heterocycles. The normalized spacial score (nSPS) is 17.1. The Kier molecular flexibility index (Phi) is 9.36. The molecule has 1 unspecified atom stereocenters. The number of ether oxygens (including phenoxy) is 3. The summed E-state index contributed by atoms with van der Waals surface area (Å²) in [4.78, 5) is 29.8. The summed E-state index contributed by atoms with van der Waals surface area (Å²) in [6.07, 6.45) is 1.92. The predicted molar refractivity (Wildman–Crippen MR) is 139 cm³/mol. The zero-order valence-corrected chi connectivity index (χ0v) is 21.7. The van der Waals surface area contributed by atoms with E-state index in [9.17, 15) is 14.7 Å². The monoisotopic (exact) mass is 496 g/mol. The van der Waals surface area contributed by atoms with E-state index >= 15 is 0 Å². The maximum atomic E-state index is 13.3. The molecule has 8 nitrogen and oxygen atoms in total. The average Bonchev–Trinajstić information content (AvgIpc) is 3.12. The first-order valence-corrected chi connectivity index (χ1v) is 12.3. The van der Waals surface area contributed by atoms with Crippen LogP contribution < -0.4 is 14.2 Å². The van der Waals surface area contributed by atoms with Crippen molar-refractivity contribution >= 4 is 17.4 Å². The first-order chi connectivity index (χ1) is 17.3. The van der Waals surface area contributed by atoms with Crippen LogP contribution in [0.4, 0.5) is 0 Å². The third-order valence-corrected chi connectivity index (χ3v) is 6.01. The number of likely N-dealkylation sites (tertiary alicyclic amines) is 1. The van der Waals surface area contributed by atoms with Gasteiger partial charge >= 0.3 is 0 Å². The maximum absolute atomic E-state index is 13.3. The summed E-state index contributed by atoms with van der Waals surface area (Å²) in [5, 5.41) is 11.3. The van der Waals surface area contributed by atoms with E-state index in [4.69, 9.17) is 14.2 Å². The predicted octanol–water partition coefficient (Wildman–Crippen LogP) is 4.26. The van der Waals surface area contributed by atoms with Gasteiger partial charge in [0.1, 0.15) is 11.5 Å². The summed E-state index contributed by atoms with van der Waals surface area (Å²) in [5.74, 6) is 0.0427. The molecule has 1 fully saturated rings. The second-order valence-electron chi connectivity index (χ2n) is 8.87. The van der Waals surface area contributed by atoms with Crippen LogP contribution in [0.5, 0.6) is 17.2 Å². The van der Waals surface area contributed by atoms with Crippen molar-refractivity contribution in [2.75, 3.05) is 47.5 Å². The highest BCUT2D eigenvalue weighted by Gasteiger charge is 2.46. The minimum Gasteiger partial charge on any atom is -0.507 e. The molecule has 1 saturated heterocycles. The number of hydrogen-bond donors (Lipinski definition) is 1. The van der Waals surface area contributed by atoms with Crippen LogP contribution >= 0.6 is 0 Å². The average molecular weight is 497 g/mol. The van der Waals surface area contributed by atoms with E-state index in [1.807, 2.05) is 32.0 Å². The van der Waals surface area contributed by atoms with Crippen molar-refractivity contribution in [2.45, 2.75) is 32.7 Å². The molecule has 1 N–H and O–H groups in total. The minimum absolute atomic E-state index is 0.0362. The van der Waals surface area contributed by atoms with Gasteiger partial charge < -0.3 is 29.1 Å². The van der Waals surface area contributed by atoms with Crippen molar-refractivity contribution in [1.29, 1.82) is 0 Å². The summed E-state index contributed by atoms with van der Waals surface area (Å²) >= 11 is 0. The molecule has 2 aromatic rings. The van der Waals surface area contributed by atoms with E-state index in [2.05, 4.69) is 6.92 Å². The van der Waals surface area contributed by atoms with Crippen LogP contribution in [0.1, 0.15) is 43.9 Å². The summed E-state index contributed by atoms with van der Waals surface area (Å²) in [7, 11) is 5.35. The Morgan fingerprint density at radius 2 is 1.83 bits per heavy atom. The van der Waals surface area contributed by atoms with E-state index in [1.54, 1.807) is 43.5 Å². The molecule has 0 spiro atoms. The number of likely N-dealkylation sites (N-methyl/N-ethyl adjacent to an activating group) is 1. The van der Waals surface area contributed by atoms with Gasteiger partial charge in [-0.1, -0.05) is 31.5 Å². The molecular formula is C28H36N2O6. The molecule has 1 aliphatic rings. The number of aliphatic hydroxyl groups excluding tert-OH is 1. The zero-order valence-electron chi connectivity index (χ0n) is 21.7. The standard InChI is InChI=1S/C28H36N2O6/c1-6-8-16-36-22-13-12-19(18-23(22)34-5)25-24(27(32)28(33)30(25)15-14-29(3)4)26(31)20-10-9-11-21(17-20)35-7-2/h9-13,17-18,25,31H,6-8,14-16H2,1-5H3. The van der Waals surface area contributed by atoms with Crippen molar-refractivity contribution in [3.63, 3.8) is 0 Å². The van der Waals surface area contributed by atoms with Crippen molar-refractivity contribution in [3.8, 4) is 17.2 Å². The first-order valence-electron chi connectivity index (χ1n) is 12.3. The summed E-state index contributed by atoms with van der Waals surface area (Å²) in [6.45, 7) is 5.85. The molecule has 0 radical (unpaired) electrons. The lowest BCUT2D eigenvalue weighted by Gasteiger charge is -2.27. The molecule has 0 aromatic heterocycles. The molecule has 2 aromatic carbocycles. The van der Waals surface area contributed by atoms with E-state index in [0.717, 1.165) is 12.8 Å². The lowest BCUT2D eigenvalue weighted by Crippen LogP contribution is -2.35. The summed E-state index contributed by atoms with van der Waals surface area (Å²) < 4.78 is 17.0. The number of carbonyl (C=O) groups excluding carboxylic acids is 2. The fraction of sp³-hybridized carbons (Fsp3) is 0.429. The zero-order chi connectivity index (χ0) is 26.2. The Bertz CT molecular complexity index is 1110. The van der Waals surface area contributed by atoms with Gasteiger partial charge in [-0.2, -0.15) is 0 Å². The lowest BCUT2D eigenvalue weighted by atomic mass is 9.95. The van der Waals surface area contributed by atoms with Crippen LogP contribution in [-0.4, -0.2) is 74.1 Å². The number of carbonyl (C=O) groups is 2. The molecule has 0 aliphatic carbocycles. The number of unbranched alkanes of at least 4 members (excludes halogenated alkanes) is 1. The molecule has 0 saturated carbocycles. The van der Waals surface area contributed by atoms with Gasteiger partial charge in [0.05, 0.1) is 31.9 Å². The van der Waals surface area contributed by atoms with Crippen molar-refractivity contribution in [1.82, 2.24) is 9.80 Å². The largest absolute Gasteiger partial charge is 0.507 e. The van der Waals surface area contributed by atoms with Gasteiger partial charge in [-0.05, 0) is 57.3 Å². The van der Waals surface area contributed by atoms with Gasteiger partial charge in [-0.15, -0.1) is 0 Å².